The number of amides is 1. The van der Waals surface area contributed by atoms with E-state index in [1.54, 1.807) is 4.90 Å². The molecule has 0 bridgehead atoms. The highest BCUT2D eigenvalue weighted by atomic mass is 16.5. The van der Waals surface area contributed by atoms with Crippen molar-refractivity contribution in [2.24, 2.45) is 16.1 Å². The Morgan fingerprint density at radius 3 is 2.74 bits per heavy atom. The van der Waals surface area contributed by atoms with E-state index in [0.717, 1.165) is 11.3 Å². The highest BCUT2D eigenvalue weighted by Crippen LogP contribution is 2.18. The number of hydrogen-bond acceptors (Lipinski definition) is 7. The molecule has 2 aliphatic heterocycles. The zero-order valence-electron chi connectivity index (χ0n) is 15.0. The van der Waals surface area contributed by atoms with Gasteiger partial charge >= 0.3 is 0 Å². The second-order valence-corrected chi connectivity index (χ2v) is 6.35. The van der Waals surface area contributed by atoms with Crippen molar-refractivity contribution in [2.45, 2.75) is 13.3 Å². The molecular weight excluding hydrogens is 346 g/mol. The van der Waals surface area contributed by atoms with Crippen molar-refractivity contribution in [1.82, 2.24) is 10.3 Å². The molecule has 2 heterocycles. The van der Waals surface area contributed by atoms with Crippen LogP contribution in [0.25, 0.3) is 0 Å². The molecule has 1 amide bonds. The maximum Gasteiger partial charge on any atom is 0.240 e. The number of anilines is 1. The van der Waals surface area contributed by atoms with Crippen molar-refractivity contribution in [3.8, 4) is 6.07 Å². The molecule has 0 aliphatic carbocycles. The van der Waals surface area contributed by atoms with Gasteiger partial charge in [0.1, 0.15) is 6.07 Å². The topological polar surface area (TPSA) is 126 Å². The fraction of sp³-hybridized carbons (Fsp3) is 0.389. The lowest BCUT2D eigenvalue weighted by atomic mass is 9.94. The average molecular weight is 367 g/mol. The lowest BCUT2D eigenvalue weighted by molar-refractivity contribution is -0.121. The van der Waals surface area contributed by atoms with Crippen molar-refractivity contribution in [3.63, 3.8) is 0 Å². The van der Waals surface area contributed by atoms with Crippen LogP contribution >= 0.6 is 0 Å². The number of amidine groups is 1. The van der Waals surface area contributed by atoms with Crippen LogP contribution in [0.5, 0.6) is 0 Å². The Morgan fingerprint density at radius 2 is 2.11 bits per heavy atom. The SMILES string of the molecule is CC1CC(=O)NN=C1c1ccc(N/N=C(/C#N)C(=N)N2CCOCC2)cc1. The minimum atomic E-state index is -0.0781. The van der Waals surface area contributed by atoms with Crippen LogP contribution in [-0.4, -0.2) is 54.4 Å². The minimum absolute atomic E-state index is 0.0222. The van der Waals surface area contributed by atoms with Gasteiger partial charge in [-0.25, -0.2) is 5.43 Å². The van der Waals surface area contributed by atoms with Crippen molar-refractivity contribution in [2.75, 3.05) is 31.7 Å². The summed E-state index contributed by atoms with van der Waals surface area (Å²) in [4.78, 5) is 13.1. The highest BCUT2D eigenvalue weighted by molar-refractivity contribution is 6.46. The van der Waals surface area contributed by atoms with Crippen LogP contribution in [0.4, 0.5) is 5.69 Å². The second-order valence-electron chi connectivity index (χ2n) is 6.35. The molecule has 9 nitrogen and oxygen atoms in total. The van der Waals surface area contributed by atoms with E-state index in [1.807, 2.05) is 37.3 Å². The lowest BCUT2D eigenvalue weighted by Gasteiger charge is -2.28. The number of hydrazone groups is 2. The van der Waals surface area contributed by atoms with E-state index in [-0.39, 0.29) is 23.4 Å². The van der Waals surface area contributed by atoms with Gasteiger partial charge in [0, 0.05) is 25.4 Å². The summed E-state index contributed by atoms with van der Waals surface area (Å²) < 4.78 is 5.26. The van der Waals surface area contributed by atoms with Crippen molar-refractivity contribution in [1.29, 1.82) is 10.7 Å². The van der Waals surface area contributed by atoms with Gasteiger partial charge in [0.25, 0.3) is 0 Å². The zero-order valence-corrected chi connectivity index (χ0v) is 15.0. The second kappa shape index (κ2) is 8.42. The van der Waals surface area contributed by atoms with Gasteiger partial charge in [0.2, 0.25) is 11.6 Å². The molecule has 1 fully saturated rings. The number of ether oxygens (including phenoxy) is 1. The summed E-state index contributed by atoms with van der Waals surface area (Å²) >= 11 is 0. The highest BCUT2D eigenvalue weighted by Gasteiger charge is 2.21. The summed E-state index contributed by atoms with van der Waals surface area (Å²) in [5.41, 5.74) is 7.78. The largest absolute Gasteiger partial charge is 0.378 e. The Labute approximate surface area is 157 Å². The third kappa shape index (κ3) is 4.48. The molecule has 3 N–H and O–H groups in total. The number of nitrogens with one attached hydrogen (secondary N) is 3. The number of carbonyl (C=O) groups is 1. The predicted molar refractivity (Wildman–Crippen MR) is 102 cm³/mol. The van der Waals surface area contributed by atoms with Gasteiger partial charge in [-0.3, -0.25) is 15.6 Å². The number of nitrogens with zero attached hydrogens (tertiary/aromatic N) is 4. The van der Waals surface area contributed by atoms with Crippen LogP contribution in [0.3, 0.4) is 0 Å². The molecule has 1 aromatic carbocycles. The van der Waals surface area contributed by atoms with Crippen molar-refractivity contribution in [3.05, 3.63) is 29.8 Å². The van der Waals surface area contributed by atoms with E-state index in [0.29, 0.717) is 38.4 Å². The summed E-state index contributed by atoms with van der Waals surface area (Å²) in [7, 11) is 0. The van der Waals surface area contributed by atoms with Gasteiger partial charge in [0.05, 0.1) is 24.6 Å². The Morgan fingerprint density at radius 1 is 1.41 bits per heavy atom. The van der Waals surface area contributed by atoms with Crippen LogP contribution in [0.1, 0.15) is 18.9 Å². The Balaban J connectivity index is 1.67. The van der Waals surface area contributed by atoms with Crippen LogP contribution in [0.15, 0.2) is 34.5 Å². The first-order valence-corrected chi connectivity index (χ1v) is 8.70. The Kier molecular flexibility index (Phi) is 5.78. The molecule has 3 rings (SSSR count). The van der Waals surface area contributed by atoms with Crippen LogP contribution in [0, 0.1) is 22.7 Å². The smallest absolute Gasteiger partial charge is 0.240 e. The molecule has 0 saturated carbocycles. The van der Waals surface area contributed by atoms with E-state index in [2.05, 4.69) is 21.1 Å². The van der Waals surface area contributed by atoms with E-state index < -0.39 is 0 Å². The zero-order chi connectivity index (χ0) is 19.2. The van der Waals surface area contributed by atoms with Crippen LogP contribution in [0.2, 0.25) is 0 Å². The van der Waals surface area contributed by atoms with E-state index in [4.69, 9.17) is 10.1 Å². The molecule has 1 saturated heterocycles. The summed E-state index contributed by atoms with van der Waals surface area (Å²) in [6.07, 6.45) is 0.415. The van der Waals surface area contributed by atoms with Crippen molar-refractivity contribution < 1.29 is 9.53 Å². The maximum absolute atomic E-state index is 11.4. The first-order chi connectivity index (χ1) is 13.1. The van der Waals surface area contributed by atoms with Crippen LogP contribution < -0.4 is 10.9 Å². The van der Waals surface area contributed by atoms with Crippen molar-refractivity contribution >= 4 is 28.9 Å². The normalized spacial score (nSPS) is 20.4. The summed E-state index contributed by atoms with van der Waals surface area (Å²) in [5.74, 6) is 0.0615. The third-order valence-electron chi connectivity index (χ3n) is 4.39. The van der Waals surface area contributed by atoms with E-state index >= 15 is 0 Å². The summed E-state index contributed by atoms with van der Waals surface area (Å²) in [5, 5.41) is 25.6. The fourth-order valence-electron chi connectivity index (χ4n) is 2.91. The quantitative estimate of drug-likeness (QED) is 0.418. The summed E-state index contributed by atoms with van der Waals surface area (Å²) in [6.45, 7) is 4.19. The van der Waals surface area contributed by atoms with Gasteiger partial charge in [-0.05, 0) is 17.7 Å². The van der Waals surface area contributed by atoms with E-state index in [1.165, 1.54) is 0 Å². The number of rotatable bonds is 4. The molecule has 0 radical (unpaired) electrons. The molecule has 2 aliphatic rings. The molecule has 0 spiro atoms. The Hall–Kier alpha value is -3.25. The predicted octanol–water partition coefficient (Wildman–Crippen LogP) is 1.15. The van der Waals surface area contributed by atoms with E-state index in [9.17, 15) is 10.1 Å². The van der Waals surface area contributed by atoms with Gasteiger partial charge in [0.15, 0.2) is 5.84 Å². The van der Waals surface area contributed by atoms with Crippen LogP contribution in [-0.2, 0) is 9.53 Å². The minimum Gasteiger partial charge on any atom is -0.378 e. The molecule has 1 aromatic rings. The van der Waals surface area contributed by atoms with Gasteiger partial charge < -0.3 is 9.64 Å². The maximum atomic E-state index is 11.4. The monoisotopic (exact) mass is 367 g/mol. The number of carbonyl (C=O) groups excluding carboxylic acids is 1. The molecule has 140 valence electrons. The van der Waals surface area contributed by atoms with Gasteiger partial charge in [-0.2, -0.15) is 15.5 Å². The molecule has 1 atom stereocenters. The molecular formula is C18H21N7O2. The third-order valence-corrected chi connectivity index (χ3v) is 4.39. The number of morpholine rings is 1. The molecule has 9 heteroatoms. The summed E-state index contributed by atoms with van der Waals surface area (Å²) in [6, 6.07) is 9.36. The molecule has 1 unspecified atom stereocenters. The lowest BCUT2D eigenvalue weighted by Crippen LogP contribution is -2.43. The first kappa shape index (κ1) is 18.5. The number of hydrogen-bond donors (Lipinski definition) is 3. The Bertz CT molecular complexity index is 817. The van der Waals surface area contributed by atoms with Gasteiger partial charge in [-0.15, -0.1) is 0 Å². The van der Waals surface area contributed by atoms with Gasteiger partial charge in [-0.1, -0.05) is 19.1 Å². The standard InChI is InChI=1S/C18H21N7O2/c1-12-10-16(26)23-24-17(12)13-2-4-14(5-3-13)21-22-15(11-19)18(20)25-6-8-27-9-7-25/h2-5,12,20-21H,6-10H2,1H3,(H,23,26)/b20-18?,22-15-. The molecule has 27 heavy (non-hydrogen) atoms. The fourth-order valence-corrected chi connectivity index (χ4v) is 2.91. The average Bonchev–Trinajstić information content (AvgIpc) is 2.69. The molecule has 0 aromatic heterocycles. The first-order valence-electron chi connectivity index (χ1n) is 8.70. The number of benzene rings is 1. The number of nitriles is 1.